The molecule has 3 aromatic rings. The minimum absolute atomic E-state index is 0.172. The third-order valence-electron chi connectivity index (χ3n) is 5.55. The van der Waals surface area contributed by atoms with E-state index in [1.165, 1.54) is 12.1 Å². The monoisotopic (exact) mass is 471 g/mol. The Balaban J connectivity index is 1.73. The van der Waals surface area contributed by atoms with Crippen molar-refractivity contribution in [3.05, 3.63) is 92.5 Å². The van der Waals surface area contributed by atoms with Gasteiger partial charge in [-0.05, 0) is 79.3 Å². The van der Waals surface area contributed by atoms with E-state index in [9.17, 15) is 14.3 Å². The quantitative estimate of drug-likeness (QED) is 0.412. The summed E-state index contributed by atoms with van der Waals surface area (Å²) in [5.74, 6) is -0.776. The number of carbonyl (C=O) groups is 1. The van der Waals surface area contributed by atoms with Gasteiger partial charge in [0, 0.05) is 22.3 Å². The first-order chi connectivity index (χ1) is 15.3. The number of carboxylic acid groups (broad SMARTS) is 1. The molecule has 4 nitrogen and oxygen atoms in total. The van der Waals surface area contributed by atoms with Gasteiger partial charge in [0.2, 0.25) is 0 Å². The van der Waals surface area contributed by atoms with E-state index in [-0.39, 0.29) is 12.2 Å². The molecule has 1 aliphatic rings. The zero-order valence-electron chi connectivity index (χ0n) is 17.3. The molecule has 32 heavy (non-hydrogen) atoms. The van der Waals surface area contributed by atoms with Gasteiger partial charge < -0.3 is 9.84 Å². The molecule has 0 aliphatic heterocycles. The number of benzene rings is 2. The highest BCUT2D eigenvalue weighted by atomic mass is 35.5. The number of hydrogen-bond donors (Lipinski definition) is 1. The van der Waals surface area contributed by atoms with Crippen LogP contribution in [-0.4, -0.2) is 16.1 Å². The Morgan fingerprint density at radius 3 is 2.66 bits per heavy atom. The predicted octanol–water partition coefficient (Wildman–Crippen LogP) is 7.21. The fraction of sp³-hybridized carbons (Fsp3) is 0.200. The van der Waals surface area contributed by atoms with Crippen LogP contribution in [0.15, 0.2) is 48.7 Å². The lowest BCUT2D eigenvalue weighted by Gasteiger charge is -2.16. The summed E-state index contributed by atoms with van der Waals surface area (Å²) in [6, 6.07) is 11.3. The first kappa shape index (κ1) is 22.3. The van der Waals surface area contributed by atoms with E-state index < -0.39 is 11.8 Å². The Hall–Kier alpha value is -2.89. The average molecular weight is 472 g/mol. The van der Waals surface area contributed by atoms with Crippen LogP contribution in [0.5, 0.6) is 5.75 Å². The standard InChI is InChI=1S/C25H20Cl2FNO3/c1-14-21(25(30)31)9-16(12-29-14)19-3-2-4-20(19)22-10-17(26)6-8-24(22)32-13-15-5-7-18(28)11-23(15)27/h5-12H,2-4,13H2,1H3,(H,30,31). The maximum Gasteiger partial charge on any atom is 0.337 e. The average Bonchev–Trinajstić information content (AvgIpc) is 3.23. The molecule has 1 N–H and O–H groups in total. The smallest absolute Gasteiger partial charge is 0.337 e. The van der Waals surface area contributed by atoms with Crippen LogP contribution in [0, 0.1) is 12.7 Å². The highest BCUT2D eigenvalue weighted by Crippen LogP contribution is 2.43. The Labute approximate surface area is 195 Å². The Bertz CT molecular complexity index is 1240. The Morgan fingerprint density at radius 1 is 1.12 bits per heavy atom. The number of pyridine rings is 1. The third kappa shape index (κ3) is 4.64. The third-order valence-corrected chi connectivity index (χ3v) is 6.14. The van der Waals surface area contributed by atoms with Gasteiger partial charge in [-0.3, -0.25) is 4.98 Å². The second kappa shape index (κ2) is 9.31. The van der Waals surface area contributed by atoms with Gasteiger partial charge in [-0.15, -0.1) is 0 Å². The van der Waals surface area contributed by atoms with E-state index in [4.69, 9.17) is 27.9 Å². The van der Waals surface area contributed by atoms with Crippen molar-refractivity contribution in [1.82, 2.24) is 4.98 Å². The summed E-state index contributed by atoms with van der Waals surface area (Å²) in [6.07, 6.45) is 4.25. The second-order valence-corrected chi connectivity index (χ2v) is 8.48. The number of hydrogen-bond acceptors (Lipinski definition) is 3. The lowest BCUT2D eigenvalue weighted by atomic mass is 9.96. The van der Waals surface area contributed by atoms with Crippen LogP contribution in [-0.2, 0) is 6.61 Å². The van der Waals surface area contributed by atoms with Crippen LogP contribution >= 0.6 is 23.2 Å². The minimum Gasteiger partial charge on any atom is -0.488 e. The summed E-state index contributed by atoms with van der Waals surface area (Å²) >= 11 is 12.4. The fourth-order valence-corrected chi connectivity index (χ4v) is 4.33. The van der Waals surface area contributed by atoms with Crippen molar-refractivity contribution in [3.63, 3.8) is 0 Å². The van der Waals surface area contributed by atoms with Crippen LogP contribution in [0.2, 0.25) is 10.0 Å². The summed E-state index contributed by atoms with van der Waals surface area (Å²) in [4.78, 5) is 15.9. The molecule has 0 saturated carbocycles. The highest BCUT2D eigenvalue weighted by molar-refractivity contribution is 6.31. The molecule has 1 heterocycles. The van der Waals surface area contributed by atoms with Gasteiger partial charge in [-0.25, -0.2) is 9.18 Å². The topological polar surface area (TPSA) is 59.4 Å². The summed E-state index contributed by atoms with van der Waals surface area (Å²) in [5, 5.41) is 10.4. The molecule has 164 valence electrons. The molecular weight excluding hydrogens is 452 g/mol. The van der Waals surface area contributed by atoms with Gasteiger partial charge in [0.15, 0.2) is 0 Å². The van der Waals surface area contributed by atoms with Gasteiger partial charge in [0.05, 0.1) is 16.3 Å². The molecule has 0 spiro atoms. The molecule has 0 atom stereocenters. The lowest BCUT2D eigenvalue weighted by Crippen LogP contribution is -2.03. The van der Waals surface area contributed by atoms with Crippen LogP contribution in [0.4, 0.5) is 4.39 Å². The van der Waals surface area contributed by atoms with Gasteiger partial charge in [-0.2, -0.15) is 0 Å². The molecule has 0 saturated heterocycles. The fourth-order valence-electron chi connectivity index (χ4n) is 3.93. The molecule has 1 aromatic heterocycles. The van der Waals surface area contributed by atoms with E-state index >= 15 is 0 Å². The Kier molecular flexibility index (Phi) is 6.49. The summed E-state index contributed by atoms with van der Waals surface area (Å²) in [5.41, 5.74) is 5.05. The largest absolute Gasteiger partial charge is 0.488 e. The number of halogens is 3. The molecule has 0 radical (unpaired) electrons. The van der Waals surface area contributed by atoms with Crippen molar-refractivity contribution >= 4 is 40.3 Å². The molecule has 0 amide bonds. The maximum absolute atomic E-state index is 13.3. The predicted molar refractivity (Wildman–Crippen MR) is 124 cm³/mol. The van der Waals surface area contributed by atoms with Crippen molar-refractivity contribution in [2.24, 2.45) is 0 Å². The van der Waals surface area contributed by atoms with Crippen molar-refractivity contribution in [1.29, 1.82) is 0 Å². The SMILES string of the molecule is Cc1ncc(C2=C(c3cc(Cl)ccc3OCc3ccc(F)cc3Cl)CCC2)cc1C(=O)O. The first-order valence-electron chi connectivity index (χ1n) is 10.1. The number of rotatable bonds is 6. The Morgan fingerprint density at radius 2 is 1.91 bits per heavy atom. The molecule has 7 heteroatoms. The molecule has 0 bridgehead atoms. The van der Waals surface area contributed by atoms with Gasteiger partial charge in [0.25, 0.3) is 0 Å². The maximum atomic E-state index is 13.3. The lowest BCUT2D eigenvalue weighted by molar-refractivity contribution is 0.0695. The minimum atomic E-state index is -1.00. The van der Waals surface area contributed by atoms with Crippen LogP contribution in [0.1, 0.15) is 52.0 Å². The summed E-state index contributed by atoms with van der Waals surface area (Å²) in [7, 11) is 0. The number of allylic oxidation sites excluding steroid dienone is 2. The van der Waals surface area contributed by atoms with Crippen LogP contribution in [0.25, 0.3) is 11.1 Å². The second-order valence-electron chi connectivity index (χ2n) is 7.64. The number of ether oxygens (including phenoxy) is 1. The highest BCUT2D eigenvalue weighted by Gasteiger charge is 2.22. The first-order valence-corrected chi connectivity index (χ1v) is 10.9. The molecule has 2 aromatic carbocycles. The van der Waals surface area contributed by atoms with Crippen LogP contribution < -0.4 is 4.74 Å². The van der Waals surface area contributed by atoms with Gasteiger partial charge >= 0.3 is 5.97 Å². The number of aryl methyl sites for hydroxylation is 1. The zero-order valence-corrected chi connectivity index (χ0v) is 18.8. The van der Waals surface area contributed by atoms with Crippen molar-refractivity contribution < 1.29 is 19.0 Å². The number of aromatic carboxylic acids is 1. The van der Waals surface area contributed by atoms with Gasteiger partial charge in [0.1, 0.15) is 18.2 Å². The number of carboxylic acids is 1. The molecule has 0 fully saturated rings. The molecule has 1 aliphatic carbocycles. The molecular formula is C25H20Cl2FNO3. The summed E-state index contributed by atoms with van der Waals surface area (Å²) in [6.45, 7) is 1.85. The molecule has 4 rings (SSSR count). The van der Waals surface area contributed by atoms with E-state index in [1.807, 2.05) is 6.07 Å². The van der Waals surface area contributed by atoms with Crippen molar-refractivity contribution in [2.75, 3.05) is 0 Å². The van der Waals surface area contributed by atoms with Gasteiger partial charge in [-0.1, -0.05) is 29.3 Å². The van der Waals surface area contributed by atoms with Crippen LogP contribution in [0.3, 0.4) is 0 Å². The molecule has 0 unspecified atom stereocenters. The number of aromatic nitrogens is 1. The van der Waals surface area contributed by atoms with E-state index in [0.717, 1.165) is 41.5 Å². The van der Waals surface area contributed by atoms with Crippen molar-refractivity contribution in [3.8, 4) is 5.75 Å². The zero-order chi connectivity index (χ0) is 22.8. The van der Waals surface area contributed by atoms with E-state index in [0.29, 0.717) is 27.1 Å². The normalized spacial score (nSPS) is 13.5. The summed E-state index contributed by atoms with van der Waals surface area (Å²) < 4.78 is 19.4. The van der Waals surface area contributed by atoms with E-state index in [2.05, 4.69) is 4.98 Å². The number of nitrogens with zero attached hydrogens (tertiary/aromatic N) is 1. The van der Waals surface area contributed by atoms with Crippen molar-refractivity contribution in [2.45, 2.75) is 32.8 Å². The van der Waals surface area contributed by atoms with E-state index in [1.54, 1.807) is 37.4 Å².